The van der Waals surface area contributed by atoms with Gasteiger partial charge >= 0.3 is 0 Å². The van der Waals surface area contributed by atoms with E-state index in [4.69, 9.17) is 0 Å². The van der Waals surface area contributed by atoms with Gasteiger partial charge in [0, 0.05) is 36.9 Å². The normalized spacial score (nSPS) is 10.3. The van der Waals surface area contributed by atoms with Crippen molar-refractivity contribution in [3.05, 3.63) is 30.6 Å². The zero-order chi connectivity index (χ0) is 9.26. The van der Waals surface area contributed by atoms with E-state index in [1.165, 1.54) is 15.4 Å². The average molecular weight is 192 g/mol. The molecule has 2 heterocycles. The summed E-state index contributed by atoms with van der Waals surface area (Å²) in [6, 6.07) is 6.38. The molecule has 0 spiro atoms. The van der Waals surface area contributed by atoms with Crippen molar-refractivity contribution in [2.24, 2.45) is 7.05 Å². The lowest BCUT2D eigenvalue weighted by Crippen LogP contribution is -1.79. The number of aryl methyl sites for hydroxylation is 1. The Bertz CT molecular complexity index is 400. The first-order chi connectivity index (χ1) is 6.29. The maximum absolute atomic E-state index is 3.14. The molecule has 0 aliphatic heterocycles. The third-order valence-corrected chi connectivity index (χ3v) is 3.12. The molecule has 3 heteroatoms. The van der Waals surface area contributed by atoms with Crippen LogP contribution in [0, 0.1) is 0 Å². The predicted molar refractivity (Wildman–Crippen MR) is 58.3 cm³/mol. The molecule has 13 heavy (non-hydrogen) atoms. The molecule has 0 aromatic carbocycles. The smallest absolute Gasteiger partial charge is 0.0886 e. The number of nitrogens with one attached hydrogen (secondary N) is 1. The molecule has 0 saturated heterocycles. The highest BCUT2D eigenvalue weighted by molar-refractivity contribution is 7.19. The Hall–Kier alpha value is -1.22. The van der Waals surface area contributed by atoms with Crippen LogP contribution in [0.25, 0.3) is 10.4 Å². The van der Waals surface area contributed by atoms with E-state index in [1.807, 2.05) is 14.1 Å². The highest BCUT2D eigenvalue weighted by atomic mass is 32.1. The van der Waals surface area contributed by atoms with E-state index in [-0.39, 0.29) is 0 Å². The Morgan fingerprint density at radius 1 is 1.31 bits per heavy atom. The van der Waals surface area contributed by atoms with Gasteiger partial charge in [-0.05, 0) is 18.2 Å². The van der Waals surface area contributed by atoms with Crippen molar-refractivity contribution in [1.82, 2.24) is 4.57 Å². The molecule has 0 unspecified atom stereocenters. The molecule has 0 atom stereocenters. The summed E-state index contributed by atoms with van der Waals surface area (Å²) in [5.41, 5.74) is 1.29. The van der Waals surface area contributed by atoms with E-state index in [0.717, 1.165) is 0 Å². The third-order valence-electron chi connectivity index (χ3n) is 1.97. The second kappa shape index (κ2) is 3.26. The number of thiophene rings is 1. The van der Waals surface area contributed by atoms with Gasteiger partial charge in [-0.15, -0.1) is 11.3 Å². The van der Waals surface area contributed by atoms with Crippen LogP contribution in [0.15, 0.2) is 30.6 Å². The molecule has 0 bridgehead atoms. The highest BCUT2D eigenvalue weighted by Crippen LogP contribution is 2.30. The van der Waals surface area contributed by atoms with Gasteiger partial charge in [0.15, 0.2) is 0 Å². The predicted octanol–water partition coefficient (Wildman–Crippen LogP) is 2.80. The number of hydrogen-bond donors (Lipinski definition) is 1. The standard InChI is InChI=1S/C10H12N2S/c1-11-10-4-3-9(13-10)8-5-6-12(2)7-8/h3-7,11H,1-2H3. The van der Waals surface area contributed by atoms with Crippen LogP contribution in [0.1, 0.15) is 0 Å². The lowest BCUT2D eigenvalue weighted by Gasteiger charge is -1.91. The fraction of sp³-hybridized carbons (Fsp3) is 0.200. The van der Waals surface area contributed by atoms with Gasteiger partial charge in [-0.2, -0.15) is 0 Å². The molecular formula is C10H12N2S. The van der Waals surface area contributed by atoms with Gasteiger partial charge in [0.25, 0.3) is 0 Å². The first-order valence-electron chi connectivity index (χ1n) is 4.19. The quantitative estimate of drug-likeness (QED) is 0.774. The van der Waals surface area contributed by atoms with Gasteiger partial charge in [-0.1, -0.05) is 0 Å². The third kappa shape index (κ3) is 1.60. The Labute approximate surface area is 81.8 Å². The number of aromatic nitrogens is 1. The molecule has 0 radical (unpaired) electrons. The molecule has 2 aromatic rings. The zero-order valence-corrected chi connectivity index (χ0v) is 8.56. The van der Waals surface area contributed by atoms with Crippen LogP contribution in [0.3, 0.4) is 0 Å². The Morgan fingerprint density at radius 2 is 2.15 bits per heavy atom. The van der Waals surface area contributed by atoms with Crippen molar-refractivity contribution in [2.75, 3.05) is 12.4 Å². The van der Waals surface area contributed by atoms with Crippen LogP contribution in [-0.4, -0.2) is 11.6 Å². The minimum atomic E-state index is 1.21. The molecule has 1 N–H and O–H groups in total. The average Bonchev–Trinajstić information content (AvgIpc) is 2.71. The van der Waals surface area contributed by atoms with Crippen molar-refractivity contribution in [3.8, 4) is 10.4 Å². The van der Waals surface area contributed by atoms with Crippen molar-refractivity contribution in [1.29, 1.82) is 0 Å². The fourth-order valence-electron chi connectivity index (χ4n) is 1.28. The molecule has 0 fully saturated rings. The van der Waals surface area contributed by atoms with E-state index < -0.39 is 0 Å². The summed E-state index contributed by atoms with van der Waals surface area (Å²) in [4.78, 5) is 1.31. The van der Waals surface area contributed by atoms with Crippen LogP contribution in [0.4, 0.5) is 5.00 Å². The second-order valence-electron chi connectivity index (χ2n) is 2.98. The number of anilines is 1. The van der Waals surface area contributed by atoms with Crippen molar-refractivity contribution in [3.63, 3.8) is 0 Å². The van der Waals surface area contributed by atoms with Crippen LogP contribution < -0.4 is 5.32 Å². The molecule has 0 saturated carbocycles. The number of hydrogen-bond acceptors (Lipinski definition) is 2. The molecule has 68 valence electrons. The molecule has 2 aromatic heterocycles. The molecule has 2 nitrogen and oxygen atoms in total. The largest absolute Gasteiger partial charge is 0.380 e. The summed E-state index contributed by atoms with van der Waals surface area (Å²) in [5.74, 6) is 0. The van der Waals surface area contributed by atoms with Crippen molar-refractivity contribution in [2.45, 2.75) is 0 Å². The van der Waals surface area contributed by atoms with E-state index in [9.17, 15) is 0 Å². The topological polar surface area (TPSA) is 17.0 Å². The van der Waals surface area contributed by atoms with E-state index in [2.05, 4.69) is 40.5 Å². The Balaban J connectivity index is 2.35. The van der Waals surface area contributed by atoms with Crippen molar-refractivity contribution >= 4 is 16.3 Å². The lowest BCUT2D eigenvalue weighted by molar-refractivity contribution is 0.929. The summed E-state index contributed by atoms with van der Waals surface area (Å²) in [6.07, 6.45) is 4.19. The van der Waals surface area contributed by atoms with Gasteiger partial charge in [0.05, 0.1) is 5.00 Å². The number of nitrogens with zero attached hydrogens (tertiary/aromatic N) is 1. The van der Waals surface area contributed by atoms with Gasteiger partial charge in [0.1, 0.15) is 0 Å². The van der Waals surface area contributed by atoms with Crippen molar-refractivity contribution < 1.29 is 0 Å². The molecule has 0 aliphatic rings. The first kappa shape index (κ1) is 8.38. The zero-order valence-electron chi connectivity index (χ0n) is 7.74. The molecular weight excluding hydrogens is 180 g/mol. The molecule has 0 aliphatic carbocycles. The molecule has 0 amide bonds. The first-order valence-corrected chi connectivity index (χ1v) is 5.01. The summed E-state index contributed by atoms with van der Waals surface area (Å²) in [6.45, 7) is 0. The monoisotopic (exact) mass is 192 g/mol. The van der Waals surface area contributed by atoms with Crippen LogP contribution in [0.5, 0.6) is 0 Å². The number of rotatable bonds is 2. The minimum absolute atomic E-state index is 1.21. The summed E-state index contributed by atoms with van der Waals surface area (Å²) in [5, 5.41) is 4.34. The Morgan fingerprint density at radius 3 is 2.69 bits per heavy atom. The maximum Gasteiger partial charge on any atom is 0.0886 e. The Kier molecular flexibility index (Phi) is 2.10. The highest BCUT2D eigenvalue weighted by Gasteiger charge is 2.01. The summed E-state index contributed by atoms with van der Waals surface area (Å²) >= 11 is 1.77. The van der Waals surface area contributed by atoms with Crippen LogP contribution in [0.2, 0.25) is 0 Å². The summed E-state index contributed by atoms with van der Waals surface area (Å²) in [7, 11) is 3.98. The van der Waals surface area contributed by atoms with Gasteiger partial charge in [0.2, 0.25) is 0 Å². The second-order valence-corrected chi connectivity index (χ2v) is 4.06. The van der Waals surface area contributed by atoms with Gasteiger partial charge in [-0.25, -0.2) is 0 Å². The van der Waals surface area contributed by atoms with E-state index in [1.54, 1.807) is 11.3 Å². The fourth-order valence-corrected chi connectivity index (χ4v) is 2.13. The van der Waals surface area contributed by atoms with E-state index in [0.29, 0.717) is 0 Å². The SMILES string of the molecule is CNc1ccc(-c2ccn(C)c2)s1. The van der Waals surface area contributed by atoms with E-state index >= 15 is 0 Å². The van der Waals surface area contributed by atoms with Gasteiger partial charge < -0.3 is 9.88 Å². The molecule has 2 rings (SSSR count). The minimum Gasteiger partial charge on any atom is -0.380 e. The maximum atomic E-state index is 3.14. The van der Waals surface area contributed by atoms with Crippen LogP contribution >= 0.6 is 11.3 Å². The van der Waals surface area contributed by atoms with Crippen LogP contribution in [-0.2, 0) is 7.05 Å². The lowest BCUT2D eigenvalue weighted by atomic mass is 10.3. The summed E-state index contributed by atoms with van der Waals surface area (Å²) < 4.78 is 2.06. The van der Waals surface area contributed by atoms with Gasteiger partial charge in [-0.3, -0.25) is 0 Å².